The molecule has 4 aliphatic rings. The summed E-state index contributed by atoms with van der Waals surface area (Å²) in [6.45, 7) is 6.42. The van der Waals surface area contributed by atoms with Gasteiger partial charge < -0.3 is 24.8 Å². The topological polar surface area (TPSA) is 180 Å². The largest absolute Gasteiger partial charge is 0.481 e. The highest BCUT2D eigenvalue weighted by Gasteiger charge is 2.63. The minimum absolute atomic E-state index is 0.119. The smallest absolute Gasteiger partial charge is 0.340 e. The first-order chi connectivity index (χ1) is 24.3. The van der Waals surface area contributed by atoms with Crippen molar-refractivity contribution in [2.75, 3.05) is 6.79 Å². The molecule has 0 saturated heterocycles. The van der Waals surface area contributed by atoms with Crippen LogP contribution in [0.5, 0.6) is 0 Å². The van der Waals surface area contributed by atoms with Crippen LogP contribution in [0.2, 0.25) is 0 Å². The second-order valence-corrected chi connectivity index (χ2v) is 16.7. The molecule has 1 aromatic rings. The summed E-state index contributed by atoms with van der Waals surface area (Å²) in [7, 11) is 0. The lowest BCUT2D eigenvalue weighted by Crippen LogP contribution is -2.58. The van der Waals surface area contributed by atoms with Crippen molar-refractivity contribution in [1.29, 1.82) is 0 Å². The zero-order chi connectivity index (χ0) is 36.9. The Hall–Kier alpha value is -3.02. The number of fused-ring (bicyclic) bond motifs is 5. The van der Waals surface area contributed by atoms with E-state index in [0.717, 1.165) is 44.1 Å². The van der Waals surface area contributed by atoms with Crippen LogP contribution in [0.1, 0.15) is 127 Å². The average Bonchev–Trinajstić information content (AvgIpc) is 3.47. The van der Waals surface area contributed by atoms with Crippen LogP contribution in [0.25, 0.3) is 0 Å². The van der Waals surface area contributed by atoms with Crippen LogP contribution in [-0.2, 0) is 30.3 Å². The molecule has 1 amide bonds. The fourth-order valence-corrected chi connectivity index (χ4v) is 11.1. The molecule has 284 valence electrons. The van der Waals surface area contributed by atoms with E-state index in [2.05, 4.69) is 20.8 Å². The molecule has 5 rings (SSSR count). The molecule has 0 radical (unpaired) electrons. The van der Waals surface area contributed by atoms with Crippen molar-refractivity contribution in [1.82, 2.24) is 5.48 Å². The number of carbonyl (C=O) groups excluding carboxylic acids is 3. The normalized spacial score (nSPS) is 33.9. The fraction of sp³-hybridized carbons (Fsp3) is 0.750. The molecular formula is C40H59NO10. The Morgan fingerprint density at radius 1 is 0.902 bits per heavy atom. The quantitative estimate of drug-likeness (QED) is 0.0472. The molecule has 11 nitrogen and oxygen atoms in total. The van der Waals surface area contributed by atoms with Gasteiger partial charge in [-0.15, -0.1) is 0 Å². The number of nitrogens with one attached hydrogen (secondary N) is 1. The summed E-state index contributed by atoms with van der Waals surface area (Å²) in [4.78, 5) is 48.1. The third-order valence-electron chi connectivity index (χ3n) is 14.1. The van der Waals surface area contributed by atoms with E-state index >= 15 is 0 Å². The Kier molecular flexibility index (Phi) is 12.9. The number of aliphatic carboxylic acids is 1. The van der Waals surface area contributed by atoms with E-state index in [-0.39, 0.29) is 53.8 Å². The Bertz CT molecular complexity index is 1380. The third kappa shape index (κ3) is 8.62. The van der Waals surface area contributed by atoms with Gasteiger partial charge in [0.05, 0.1) is 23.7 Å². The second-order valence-electron chi connectivity index (χ2n) is 16.7. The molecular weight excluding hydrogens is 654 g/mol. The zero-order valence-corrected chi connectivity index (χ0v) is 30.6. The van der Waals surface area contributed by atoms with E-state index < -0.39 is 36.5 Å². The van der Waals surface area contributed by atoms with Crippen LogP contribution >= 0.6 is 0 Å². The number of hydrogen-bond acceptors (Lipinski definition) is 9. The lowest BCUT2D eigenvalue weighted by Gasteiger charge is -2.62. The molecule has 4 fully saturated rings. The van der Waals surface area contributed by atoms with Crippen LogP contribution in [0.4, 0.5) is 0 Å². The second kappa shape index (κ2) is 16.8. The van der Waals surface area contributed by atoms with Gasteiger partial charge in [0, 0.05) is 12.8 Å². The minimum Gasteiger partial charge on any atom is -0.481 e. The highest BCUT2D eigenvalue weighted by molar-refractivity contribution is 5.89. The first-order valence-electron chi connectivity index (χ1n) is 19.2. The Morgan fingerprint density at radius 3 is 2.35 bits per heavy atom. The fourth-order valence-electron chi connectivity index (χ4n) is 11.1. The van der Waals surface area contributed by atoms with Gasteiger partial charge in [0.1, 0.15) is 0 Å². The van der Waals surface area contributed by atoms with E-state index in [1.165, 1.54) is 12.8 Å². The number of hydrogen-bond donors (Lipinski definition) is 5. The summed E-state index contributed by atoms with van der Waals surface area (Å²) in [5.41, 5.74) is 2.57. The highest BCUT2D eigenvalue weighted by atomic mass is 16.7. The molecule has 4 saturated carbocycles. The number of carboxylic acid groups (broad SMARTS) is 1. The number of aliphatic hydroxyl groups is 2. The monoisotopic (exact) mass is 713 g/mol. The van der Waals surface area contributed by atoms with Gasteiger partial charge in [-0.3, -0.25) is 19.6 Å². The highest BCUT2D eigenvalue weighted by Crippen LogP contribution is 2.68. The summed E-state index contributed by atoms with van der Waals surface area (Å²) in [6.07, 6.45) is 10.2. The summed E-state index contributed by atoms with van der Waals surface area (Å²) in [6, 6.07) is 6.44. The van der Waals surface area contributed by atoms with Gasteiger partial charge in [0.2, 0.25) is 12.7 Å². The Labute approximate surface area is 301 Å². The van der Waals surface area contributed by atoms with Crippen LogP contribution < -0.4 is 5.48 Å². The molecule has 0 heterocycles. The third-order valence-corrected chi connectivity index (χ3v) is 14.1. The molecule has 0 aromatic heterocycles. The number of aliphatic hydroxyl groups excluding tert-OH is 2. The van der Waals surface area contributed by atoms with Crippen molar-refractivity contribution >= 4 is 23.8 Å². The predicted molar refractivity (Wildman–Crippen MR) is 187 cm³/mol. The van der Waals surface area contributed by atoms with E-state index in [4.69, 9.17) is 14.7 Å². The zero-order valence-electron chi connectivity index (χ0n) is 30.6. The van der Waals surface area contributed by atoms with Crippen molar-refractivity contribution in [2.24, 2.45) is 52.3 Å². The number of amides is 1. The minimum atomic E-state index is -0.943. The van der Waals surface area contributed by atoms with Crippen molar-refractivity contribution in [3.05, 3.63) is 35.4 Å². The number of hydroxylamine groups is 1. The number of carboxylic acids is 1. The Balaban J connectivity index is 1.04. The van der Waals surface area contributed by atoms with E-state index in [0.29, 0.717) is 55.3 Å². The van der Waals surface area contributed by atoms with E-state index in [9.17, 15) is 34.5 Å². The van der Waals surface area contributed by atoms with Crippen molar-refractivity contribution in [3.8, 4) is 0 Å². The van der Waals surface area contributed by atoms with Gasteiger partial charge >= 0.3 is 17.9 Å². The SMILES string of the molecule is C[C@H](CCC(=O)OCOC(=O)c1ccc(CC(CCCCC(=O)NO)C(=O)O)cc1)C1CCC2C3CC[C@@H]4C[C@H](O)CC[C@]4(C)C3C[C@H](O)[C@@]21C. The maximum atomic E-state index is 12.7. The van der Waals surface area contributed by atoms with Gasteiger partial charge in [0.25, 0.3) is 0 Å². The molecule has 4 aliphatic carbocycles. The van der Waals surface area contributed by atoms with Crippen molar-refractivity contribution < 1.29 is 49.2 Å². The lowest BCUT2D eigenvalue weighted by atomic mass is 9.43. The van der Waals surface area contributed by atoms with Gasteiger partial charge in [-0.05, 0) is 141 Å². The number of carbonyl (C=O) groups is 4. The van der Waals surface area contributed by atoms with Crippen LogP contribution in [0, 0.1) is 52.3 Å². The van der Waals surface area contributed by atoms with E-state index in [1.54, 1.807) is 29.7 Å². The van der Waals surface area contributed by atoms with Crippen LogP contribution in [0.3, 0.4) is 0 Å². The molecule has 0 bridgehead atoms. The summed E-state index contributed by atoms with van der Waals surface area (Å²) in [5.74, 6) is -0.515. The standard InChI is InChI=1S/C40H59NO10/c1-24(31-15-16-32-30-14-13-28-21-29(42)18-19-39(28,2)33(30)22-34(43)40(31,32)3)8-17-36(45)50-23-51-38(48)26-11-9-25(10-12-26)20-27(37(46)47)6-4-5-7-35(44)41-49/h9-12,24,27-34,42-43,49H,4-8,13-23H2,1-3H3,(H,41,44)(H,46,47)/t24-,27?,28-,29-,30?,31?,32?,33?,34+,39+,40-/m1/s1. The van der Waals surface area contributed by atoms with Gasteiger partial charge in [-0.25, -0.2) is 10.3 Å². The number of benzene rings is 1. The molecule has 1 aromatic carbocycles. The van der Waals surface area contributed by atoms with E-state index in [1.807, 2.05) is 0 Å². The molecule has 5 unspecified atom stereocenters. The van der Waals surface area contributed by atoms with Crippen molar-refractivity contribution in [2.45, 2.75) is 129 Å². The number of unbranched alkanes of at least 4 members (excludes halogenated alkanes) is 1. The maximum absolute atomic E-state index is 12.7. The molecule has 0 spiro atoms. The number of esters is 2. The van der Waals surface area contributed by atoms with Crippen LogP contribution in [-0.4, -0.2) is 63.3 Å². The Morgan fingerprint density at radius 2 is 1.65 bits per heavy atom. The summed E-state index contributed by atoms with van der Waals surface area (Å²) < 4.78 is 10.4. The van der Waals surface area contributed by atoms with Gasteiger partial charge in [0.15, 0.2) is 0 Å². The lowest BCUT2D eigenvalue weighted by molar-refractivity contribution is -0.175. The van der Waals surface area contributed by atoms with Gasteiger partial charge in [-0.1, -0.05) is 39.3 Å². The van der Waals surface area contributed by atoms with Crippen molar-refractivity contribution in [3.63, 3.8) is 0 Å². The van der Waals surface area contributed by atoms with Crippen LogP contribution in [0.15, 0.2) is 24.3 Å². The average molecular weight is 714 g/mol. The summed E-state index contributed by atoms with van der Waals surface area (Å²) in [5, 5.41) is 40.3. The molecule has 11 atom stereocenters. The first kappa shape index (κ1) is 39.2. The van der Waals surface area contributed by atoms with Gasteiger partial charge in [-0.2, -0.15) is 0 Å². The first-order valence-corrected chi connectivity index (χ1v) is 19.2. The molecule has 0 aliphatic heterocycles. The maximum Gasteiger partial charge on any atom is 0.340 e. The molecule has 51 heavy (non-hydrogen) atoms. The summed E-state index contributed by atoms with van der Waals surface area (Å²) >= 11 is 0. The number of ether oxygens (including phenoxy) is 2. The molecule has 11 heteroatoms. The molecule has 5 N–H and O–H groups in total. The number of rotatable bonds is 15. The predicted octanol–water partition coefficient (Wildman–Crippen LogP) is 6.06.